The highest BCUT2D eigenvalue weighted by Crippen LogP contribution is 2.22. The monoisotopic (exact) mass is 420 g/mol. The van der Waals surface area contributed by atoms with Crippen molar-refractivity contribution in [2.75, 3.05) is 24.6 Å². The predicted molar refractivity (Wildman–Crippen MR) is 116 cm³/mol. The van der Waals surface area contributed by atoms with Crippen LogP contribution in [0, 0.1) is 0 Å². The minimum absolute atomic E-state index is 0.0386. The molecule has 1 aliphatic heterocycles. The van der Waals surface area contributed by atoms with E-state index in [0.29, 0.717) is 24.2 Å². The number of ketones is 1. The first kappa shape index (κ1) is 22.0. The number of ether oxygens (including phenoxy) is 1. The number of anilines is 1. The summed E-state index contributed by atoms with van der Waals surface area (Å²) in [6.45, 7) is 0.355. The van der Waals surface area contributed by atoms with Gasteiger partial charge >= 0.3 is 5.97 Å². The van der Waals surface area contributed by atoms with Crippen molar-refractivity contribution < 1.29 is 23.9 Å². The van der Waals surface area contributed by atoms with Crippen molar-refractivity contribution in [2.24, 2.45) is 0 Å². The van der Waals surface area contributed by atoms with Gasteiger partial charge < -0.3 is 15.0 Å². The second kappa shape index (κ2) is 10.9. The molecule has 1 fully saturated rings. The van der Waals surface area contributed by atoms with Crippen LogP contribution in [0.2, 0.25) is 0 Å². The van der Waals surface area contributed by atoms with Crippen molar-refractivity contribution >= 4 is 35.3 Å². The van der Waals surface area contributed by atoms with Crippen LogP contribution in [0.4, 0.5) is 5.69 Å². The second-order valence-electron chi connectivity index (χ2n) is 7.07. The molecule has 0 spiro atoms. The van der Waals surface area contributed by atoms with E-state index in [9.17, 15) is 19.2 Å². The van der Waals surface area contributed by atoms with Crippen LogP contribution in [-0.4, -0.2) is 43.3 Å². The summed E-state index contributed by atoms with van der Waals surface area (Å²) in [6.07, 6.45) is 4.33. The Morgan fingerprint density at radius 2 is 1.87 bits per heavy atom. The number of hydrogen-bond donors (Lipinski definition) is 1. The molecule has 7 heteroatoms. The van der Waals surface area contributed by atoms with Gasteiger partial charge in [-0.3, -0.25) is 19.2 Å². The molecule has 31 heavy (non-hydrogen) atoms. The molecular weight excluding hydrogens is 396 g/mol. The van der Waals surface area contributed by atoms with Crippen LogP contribution in [0.5, 0.6) is 0 Å². The SMILES string of the molecule is O=C(/C=C/c1ccccc1)NCCC(=O)OCC(=O)c1cccc(N2CCCC2=O)c1. The van der Waals surface area contributed by atoms with Gasteiger partial charge in [-0.1, -0.05) is 42.5 Å². The van der Waals surface area contributed by atoms with Gasteiger partial charge in [0.15, 0.2) is 12.4 Å². The van der Waals surface area contributed by atoms with Crippen LogP contribution in [0.15, 0.2) is 60.7 Å². The van der Waals surface area contributed by atoms with Crippen molar-refractivity contribution in [3.05, 3.63) is 71.8 Å². The van der Waals surface area contributed by atoms with Crippen LogP contribution in [0.3, 0.4) is 0 Å². The Hall–Kier alpha value is -3.74. The zero-order chi connectivity index (χ0) is 22.1. The summed E-state index contributed by atoms with van der Waals surface area (Å²) in [4.78, 5) is 49.5. The topological polar surface area (TPSA) is 92.8 Å². The second-order valence-corrected chi connectivity index (χ2v) is 7.07. The average molecular weight is 420 g/mol. The highest BCUT2D eigenvalue weighted by Gasteiger charge is 2.22. The maximum absolute atomic E-state index is 12.3. The van der Waals surface area contributed by atoms with E-state index in [4.69, 9.17) is 4.74 Å². The van der Waals surface area contributed by atoms with E-state index in [0.717, 1.165) is 12.0 Å². The number of esters is 1. The maximum atomic E-state index is 12.3. The summed E-state index contributed by atoms with van der Waals surface area (Å²) in [5.74, 6) is -1.21. The lowest BCUT2D eigenvalue weighted by Crippen LogP contribution is -2.25. The first-order valence-electron chi connectivity index (χ1n) is 10.1. The molecule has 0 aromatic heterocycles. The summed E-state index contributed by atoms with van der Waals surface area (Å²) in [7, 11) is 0. The molecule has 2 aromatic rings. The molecule has 2 amide bonds. The average Bonchev–Trinajstić information content (AvgIpc) is 3.22. The van der Waals surface area contributed by atoms with E-state index >= 15 is 0 Å². The lowest BCUT2D eigenvalue weighted by atomic mass is 10.1. The normalized spacial score (nSPS) is 13.4. The third-order valence-corrected chi connectivity index (χ3v) is 4.77. The fourth-order valence-corrected chi connectivity index (χ4v) is 3.15. The van der Waals surface area contributed by atoms with Crippen molar-refractivity contribution in [2.45, 2.75) is 19.3 Å². The van der Waals surface area contributed by atoms with Crippen molar-refractivity contribution in [1.82, 2.24) is 5.32 Å². The number of carbonyl (C=O) groups is 4. The van der Waals surface area contributed by atoms with E-state index < -0.39 is 12.6 Å². The molecule has 0 radical (unpaired) electrons. The van der Waals surface area contributed by atoms with Gasteiger partial charge in [0.1, 0.15) is 0 Å². The summed E-state index contributed by atoms with van der Waals surface area (Å²) < 4.78 is 5.02. The van der Waals surface area contributed by atoms with Gasteiger partial charge in [0, 0.05) is 36.8 Å². The quantitative estimate of drug-likeness (QED) is 0.383. The van der Waals surface area contributed by atoms with E-state index in [1.54, 1.807) is 35.2 Å². The third kappa shape index (κ3) is 6.64. The fourth-order valence-electron chi connectivity index (χ4n) is 3.15. The van der Waals surface area contributed by atoms with Crippen molar-refractivity contribution in [3.8, 4) is 0 Å². The standard InChI is InChI=1S/C24H24N2O5/c27-21(19-8-4-9-20(16-19)26-15-5-10-23(26)29)17-31-24(30)13-14-25-22(28)12-11-18-6-2-1-3-7-18/h1-4,6-9,11-12,16H,5,10,13-15,17H2,(H,25,28)/b12-11+. The van der Waals surface area contributed by atoms with Crippen LogP contribution >= 0.6 is 0 Å². The van der Waals surface area contributed by atoms with E-state index in [-0.39, 0.29) is 30.6 Å². The molecule has 0 bridgehead atoms. The van der Waals surface area contributed by atoms with Gasteiger partial charge in [-0.05, 0) is 30.2 Å². The van der Waals surface area contributed by atoms with Gasteiger partial charge in [0.2, 0.25) is 11.8 Å². The van der Waals surface area contributed by atoms with E-state index in [1.165, 1.54) is 6.08 Å². The van der Waals surface area contributed by atoms with Crippen LogP contribution < -0.4 is 10.2 Å². The number of hydrogen-bond acceptors (Lipinski definition) is 5. The van der Waals surface area contributed by atoms with Crippen LogP contribution in [-0.2, 0) is 19.1 Å². The summed E-state index contributed by atoms with van der Waals surface area (Å²) in [5, 5.41) is 2.60. The number of benzene rings is 2. The van der Waals surface area contributed by atoms with E-state index in [2.05, 4.69) is 5.32 Å². The number of Topliss-reactive ketones (excluding diaryl/α,β-unsaturated/α-hetero) is 1. The Morgan fingerprint density at radius 3 is 2.61 bits per heavy atom. The zero-order valence-corrected chi connectivity index (χ0v) is 17.1. The fraction of sp³-hybridized carbons (Fsp3) is 0.250. The van der Waals surface area contributed by atoms with Gasteiger partial charge in [-0.25, -0.2) is 0 Å². The lowest BCUT2D eigenvalue weighted by molar-refractivity contribution is -0.142. The Kier molecular flexibility index (Phi) is 7.70. The first-order chi connectivity index (χ1) is 15.0. The molecule has 3 rings (SSSR count). The molecule has 160 valence electrons. The molecule has 1 saturated heterocycles. The summed E-state index contributed by atoms with van der Waals surface area (Å²) in [5.41, 5.74) is 1.95. The van der Waals surface area contributed by atoms with Gasteiger partial charge in [-0.2, -0.15) is 0 Å². The Bertz CT molecular complexity index is 984. The highest BCUT2D eigenvalue weighted by molar-refractivity contribution is 6.01. The molecule has 2 aromatic carbocycles. The number of nitrogens with one attached hydrogen (secondary N) is 1. The summed E-state index contributed by atoms with van der Waals surface area (Å²) in [6, 6.07) is 16.1. The van der Waals surface area contributed by atoms with Crippen LogP contribution in [0.1, 0.15) is 35.2 Å². The number of carbonyl (C=O) groups excluding carboxylic acids is 4. The zero-order valence-electron chi connectivity index (χ0n) is 17.1. The Labute approximate surface area is 180 Å². The van der Waals surface area contributed by atoms with Gasteiger partial charge in [0.25, 0.3) is 0 Å². The molecule has 1 aliphatic rings. The van der Waals surface area contributed by atoms with Crippen LogP contribution in [0.25, 0.3) is 6.08 Å². The smallest absolute Gasteiger partial charge is 0.308 e. The molecule has 1 heterocycles. The Balaban J connectivity index is 1.39. The molecule has 0 saturated carbocycles. The predicted octanol–water partition coefficient (Wildman–Crippen LogP) is 2.76. The highest BCUT2D eigenvalue weighted by atomic mass is 16.5. The van der Waals surface area contributed by atoms with Crippen molar-refractivity contribution in [3.63, 3.8) is 0 Å². The third-order valence-electron chi connectivity index (χ3n) is 4.77. The number of rotatable bonds is 9. The minimum Gasteiger partial charge on any atom is -0.457 e. The molecule has 0 atom stereocenters. The summed E-state index contributed by atoms with van der Waals surface area (Å²) >= 11 is 0. The number of amides is 2. The van der Waals surface area contributed by atoms with E-state index in [1.807, 2.05) is 30.3 Å². The molecule has 0 aliphatic carbocycles. The Morgan fingerprint density at radius 1 is 1.06 bits per heavy atom. The molecule has 7 nitrogen and oxygen atoms in total. The van der Waals surface area contributed by atoms with Gasteiger partial charge in [0.05, 0.1) is 6.42 Å². The largest absolute Gasteiger partial charge is 0.457 e. The lowest BCUT2D eigenvalue weighted by Gasteiger charge is -2.16. The molecular formula is C24H24N2O5. The maximum Gasteiger partial charge on any atom is 0.308 e. The number of nitrogens with zero attached hydrogens (tertiary/aromatic N) is 1. The van der Waals surface area contributed by atoms with Gasteiger partial charge in [-0.15, -0.1) is 0 Å². The minimum atomic E-state index is -0.577. The molecule has 0 unspecified atom stereocenters. The van der Waals surface area contributed by atoms with Crippen molar-refractivity contribution in [1.29, 1.82) is 0 Å². The molecule has 1 N–H and O–H groups in total. The first-order valence-corrected chi connectivity index (χ1v) is 10.1.